The lowest BCUT2D eigenvalue weighted by Crippen LogP contribution is -2.50. The van der Waals surface area contributed by atoms with E-state index < -0.39 is 0 Å². The van der Waals surface area contributed by atoms with Crippen LogP contribution in [-0.4, -0.2) is 5.24 Å². The fourth-order valence-corrected chi connectivity index (χ4v) is 9.38. The number of hydrogen-bond donors (Lipinski definition) is 0. The maximum atomic E-state index is 11.5. The topological polar surface area (TPSA) is 17.1 Å². The molecular formula is C29H47ClO. The summed E-state index contributed by atoms with van der Waals surface area (Å²) in [6.07, 6.45) is 18.1. The van der Waals surface area contributed by atoms with Crippen molar-refractivity contribution in [2.45, 2.75) is 112 Å². The van der Waals surface area contributed by atoms with Crippen molar-refractivity contribution in [1.29, 1.82) is 0 Å². The van der Waals surface area contributed by atoms with Gasteiger partial charge in [0.15, 0.2) is 0 Å². The van der Waals surface area contributed by atoms with E-state index in [2.05, 4.69) is 40.7 Å². The van der Waals surface area contributed by atoms with E-state index >= 15 is 0 Å². The maximum Gasteiger partial charge on any atom is 0.221 e. The molecule has 3 saturated carbocycles. The first kappa shape index (κ1) is 23.8. The molecular weight excluding hydrogens is 400 g/mol. The van der Waals surface area contributed by atoms with E-state index in [0.29, 0.717) is 23.2 Å². The van der Waals surface area contributed by atoms with Gasteiger partial charge in [0.2, 0.25) is 5.24 Å². The van der Waals surface area contributed by atoms with Gasteiger partial charge in [-0.3, -0.25) is 4.79 Å². The Balaban J connectivity index is 1.47. The fraction of sp³-hybridized carbons (Fsp3) is 0.897. The molecule has 0 N–H and O–H groups in total. The summed E-state index contributed by atoms with van der Waals surface area (Å²) in [5.41, 5.74) is 2.64. The molecule has 0 bridgehead atoms. The Morgan fingerprint density at radius 2 is 1.84 bits per heavy atom. The number of carbonyl (C=O) groups is 1. The summed E-state index contributed by atoms with van der Waals surface area (Å²) in [6.45, 7) is 12.6. The normalized spacial score (nSPS) is 43.1. The van der Waals surface area contributed by atoms with Crippen molar-refractivity contribution in [2.75, 3.05) is 0 Å². The minimum Gasteiger partial charge on any atom is -0.281 e. The molecule has 0 heterocycles. The predicted octanol–water partition coefficient (Wildman–Crippen LogP) is 8.80. The van der Waals surface area contributed by atoms with E-state index in [1.807, 2.05) is 0 Å². The largest absolute Gasteiger partial charge is 0.281 e. The summed E-state index contributed by atoms with van der Waals surface area (Å²) in [5.74, 6) is 5.85. The van der Waals surface area contributed by atoms with E-state index in [4.69, 9.17) is 11.6 Å². The van der Waals surface area contributed by atoms with Crippen LogP contribution in [-0.2, 0) is 4.79 Å². The van der Waals surface area contributed by atoms with Gasteiger partial charge in [-0.25, -0.2) is 0 Å². The number of rotatable bonds is 7. The van der Waals surface area contributed by atoms with Crippen LogP contribution in [0.4, 0.5) is 0 Å². The van der Waals surface area contributed by atoms with Crippen LogP contribution in [0, 0.1) is 52.3 Å². The van der Waals surface area contributed by atoms with Gasteiger partial charge < -0.3 is 0 Å². The number of carbonyl (C=O) groups excluding carboxylic acids is 1. The molecule has 0 aromatic heterocycles. The molecule has 3 fully saturated rings. The van der Waals surface area contributed by atoms with Gasteiger partial charge in [-0.15, -0.1) is 0 Å². The number of allylic oxidation sites excluding steroid dienone is 2. The predicted molar refractivity (Wildman–Crippen MR) is 132 cm³/mol. The molecule has 0 aromatic carbocycles. The van der Waals surface area contributed by atoms with Gasteiger partial charge in [-0.1, -0.05) is 65.5 Å². The number of fused-ring (bicyclic) bond motifs is 5. The second kappa shape index (κ2) is 9.15. The minimum atomic E-state index is -0.143. The van der Waals surface area contributed by atoms with Gasteiger partial charge in [-0.05, 0) is 115 Å². The zero-order valence-corrected chi connectivity index (χ0v) is 21.6. The summed E-state index contributed by atoms with van der Waals surface area (Å²) in [5, 5.41) is -0.143. The van der Waals surface area contributed by atoms with Crippen molar-refractivity contribution < 1.29 is 4.79 Å². The van der Waals surface area contributed by atoms with E-state index in [0.717, 1.165) is 41.9 Å². The molecule has 0 spiro atoms. The molecule has 2 heteroatoms. The first-order valence-corrected chi connectivity index (χ1v) is 13.9. The van der Waals surface area contributed by atoms with Gasteiger partial charge in [0.05, 0.1) is 0 Å². The Hall–Kier alpha value is -0.300. The molecule has 1 nitrogen and oxygen atoms in total. The van der Waals surface area contributed by atoms with Crippen LogP contribution in [0.15, 0.2) is 11.6 Å². The third kappa shape index (κ3) is 4.43. The van der Waals surface area contributed by atoms with Crippen LogP contribution in [0.2, 0.25) is 0 Å². The van der Waals surface area contributed by atoms with Crippen LogP contribution >= 0.6 is 11.6 Å². The molecule has 4 aliphatic rings. The van der Waals surface area contributed by atoms with E-state index in [1.54, 1.807) is 5.57 Å². The zero-order chi connectivity index (χ0) is 22.4. The molecule has 31 heavy (non-hydrogen) atoms. The highest BCUT2D eigenvalue weighted by molar-refractivity contribution is 6.63. The van der Waals surface area contributed by atoms with E-state index in [9.17, 15) is 4.79 Å². The SMILES string of the molecule is CC(C)CCCC(C)[C@H]1CCC2C3CC=C4CC(CC(=O)Cl)CCC4(C)C3CCC21C. The highest BCUT2D eigenvalue weighted by Gasteiger charge is 2.59. The Kier molecular flexibility index (Phi) is 7.04. The molecule has 0 radical (unpaired) electrons. The van der Waals surface area contributed by atoms with Gasteiger partial charge in [0.25, 0.3) is 0 Å². The lowest BCUT2D eigenvalue weighted by molar-refractivity contribution is -0.113. The van der Waals surface area contributed by atoms with E-state index in [1.165, 1.54) is 64.2 Å². The molecule has 4 aliphatic carbocycles. The minimum absolute atomic E-state index is 0.143. The van der Waals surface area contributed by atoms with Crippen molar-refractivity contribution in [1.82, 2.24) is 0 Å². The lowest BCUT2D eigenvalue weighted by atomic mass is 9.46. The van der Waals surface area contributed by atoms with Gasteiger partial charge in [0.1, 0.15) is 0 Å². The van der Waals surface area contributed by atoms with Crippen molar-refractivity contribution in [2.24, 2.45) is 52.3 Å². The molecule has 0 aromatic rings. The van der Waals surface area contributed by atoms with Crippen molar-refractivity contribution in [3.05, 3.63) is 11.6 Å². The molecule has 0 saturated heterocycles. The molecule has 8 atom stereocenters. The monoisotopic (exact) mass is 446 g/mol. The third-order valence-corrected chi connectivity index (χ3v) is 11.0. The quantitative estimate of drug-likeness (QED) is 0.282. The average Bonchev–Trinajstić information content (AvgIpc) is 3.05. The second-order valence-electron chi connectivity index (χ2n) is 13.0. The summed E-state index contributed by atoms with van der Waals surface area (Å²) in [6, 6.07) is 0. The fourth-order valence-electron chi connectivity index (χ4n) is 9.16. The van der Waals surface area contributed by atoms with Gasteiger partial charge in [-0.2, -0.15) is 0 Å². The summed E-state index contributed by atoms with van der Waals surface area (Å²) < 4.78 is 0. The van der Waals surface area contributed by atoms with Crippen LogP contribution in [0.3, 0.4) is 0 Å². The van der Waals surface area contributed by atoms with Crippen LogP contribution in [0.25, 0.3) is 0 Å². The highest BCUT2D eigenvalue weighted by atomic mass is 35.5. The van der Waals surface area contributed by atoms with Crippen LogP contribution in [0.5, 0.6) is 0 Å². The number of hydrogen-bond acceptors (Lipinski definition) is 1. The smallest absolute Gasteiger partial charge is 0.221 e. The zero-order valence-electron chi connectivity index (χ0n) is 20.9. The molecule has 7 unspecified atom stereocenters. The summed E-state index contributed by atoms with van der Waals surface area (Å²) in [7, 11) is 0. The Labute approximate surface area is 197 Å². The standard InChI is InChI=1S/C29H47ClO/c1-19(2)7-6-8-20(3)24-11-12-25-23-10-9-22-17-21(18-27(30)31)13-15-28(22,4)26(23)14-16-29(24,25)5/h9,19-21,23-26H,6-8,10-18H2,1-5H3/t20?,21?,23?,24-,25?,26?,28?,29?/m1/s1. The van der Waals surface area contributed by atoms with Gasteiger partial charge in [0, 0.05) is 6.42 Å². The number of halogens is 1. The van der Waals surface area contributed by atoms with Crippen LogP contribution in [0.1, 0.15) is 112 Å². The van der Waals surface area contributed by atoms with E-state index in [-0.39, 0.29) is 5.24 Å². The van der Waals surface area contributed by atoms with Crippen molar-refractivity contribution >= 4 is 16.8 Å². The third-order valence-electron chi connectivity index (χ3n) is 10.9. The Bertz CT molecular complexity index is 695. The summed E-state index contributed by atoms with van der Waals surface area (Å²) >= 11 is 5.74. The van der Waals surface area contributed by atoms with Crippen molar-refractivity contribution in [3.63, 3.8) is 0 Å². The Morgan fingerprint density at radius 3 is 2.55 bits per heavy atom. The molecule has 0 aliphatic heterocycles. The average molecular weight is 447 g/mol. The van der Waals surface area contributed by atoms with Gasteiger partial charge >= 0.3 is 0 Å². The molecule has 176 valence electrons. The highest BCUT2D eigenvalue weighted by Crippen LogP contribution is 2.67. The molecule has 4 rings (SSSR count). The maximum absolute atomic E-state index is 11.5. The van der Waals surface area contributed by atoms with Crippen molar-refractivity contribution in [3.8, 4) is 0 Å². The summed E-state index contributed by atoms with van der Waals surface area (Å²) in [4.78, 5) is 11.5. The Morgan fingerprint density at radius 1 is 1.06 bits per heavy atom. The van der Waals surface area contributed by atoms with Crippen LogP contribution < -0.4 is 0 Å². The second-order valence-corrected chi connectivity index (χ2v) is 13.4. The first-order chi connectivity index (χ1) is 14.6. The molecule has 0 amide bonds. The lowest BCUT2D eigenvalue weighted by Gasteiger charge is -2.58. The first-order valence-electron chi connectivity index (χ1n) is 13.5.